The minimum absolute atomic E-state index is 0.0478. The smallest absolute Gasteiger partial charge is 0.270 e. The van der Waals surface area contributed by atoms with Gasteiger partial charge in [0.15, 0.2) is 0 Å². The number of rotatable bonds is 4. The summed E-state index contributed by atoms with van der Waals surface area (Å²) in [6.07, 6.45) is 1.59. The lowest BCUT2D eigenvalue weighted by Gasteiger charge is -2.07. The molecule has 2 aromatic rings. The highest BCUT2D eigenvalue weighted by Crippen LogP contribution is 2.28. The van der Waals surface area contributed by atoms with Gasteiger partial charge in [-0.1, -0.05) is 0 Å². The molecule has 1 heterocycles. The SMILES string of the molecule is O=[N+]([O-])c1ccc(NCc2occc2Br)c(Br)c1. The maximum Gasteiger partial charge on any atom is 0.270 e. The Hall–Kier alpha value is -1.34. The van der Waals surface area contributed by atoms with Crippen LogP contribution in [0.1, 0.15) is 5.76 Å². The standard InChI is InChI=1S/C11H8Br2N2O3/c12-8-3-4-18-11(8)6-14-10-2-1-7(15(16)17)5-9(10)13/h1-5,14H,6H2. The molecule has 5 nitrogen and oxygen atoms in total. The molecule has 0 atom stereocenters. The van der Waals surface area contributed by atoms with E-state index in [0.717, 1.165) is 15.9 Å². The summed E-state index contributed by atoms with van der Waals surface area (Å²) in [5, 5.41) is 13.7. The van der Waals surface area contributed by atoms with Gasteiger partial charge in [-0.2, -0.15) is 0 Å². The first-order valence-corrected chi connectivity index (χ1v) is 6.56. The van der Waals surface area contributed by atoms with Crippen LogP contribution in [-0.2, 0) is 6.54 Å². The molecule has 0 spiro atoms. The van der Waals surface area contributed by atoms with Crippen molar-refractivity contribution in [1.29, 1.82) is 0 Å². The third-order valence-corrected chi connectivity index (χ3v) is 3.66. The fraction of sp³-hybridized carbons (Fsp3) is 0.0909. The van der Waals surface area contributed by atoms with Gasteiger partial charge in [0.1, 0.15) is 5.76 Å². The zero-order chi connectivity index (χ0) is 13.1. The zero-order valence-corrected chi connectivity index (χ0v) is 12.2. The second-order valence-electron chi connectivity index (χ2n) is 3.47. The molecule has 0 aliphatic carbocycles. The fourth-order valence-electron chi connectivity index (χ4n) is 1.39. The summed E-state index contributed by atoms with van der Waals surface area (Å²) in [7, 11) is 0. The summed E-state index contributed by atoms with van der Waals surface area (Å²) in [6.45, 7) is 0.490. The van der Waals surface area contributed by atoms with Crippen molar-refractivity contribution in [2.24, 2.45) is 0 Å². The molecule has 1 aromatic carbocycles. The summed E-state index contributed by atoms with van der Waals surface area (Å²) < 4.78 is 6.78. The summed E-state index contributed by atoms with van der Waals surface area (Å²) in [6, 6.07) is 6.37. The van der Waals surface area contributed by atoms with Crippen LogP contribution in [0.25, 0.3) is 0 Å². The molecule has 0 amide bonds. The third kappa shape index (κ3) is 2.91. The highest BCUT2D eigenvalue weighted by Gasteiger charge is 2.10. The zero-order valence-electron chi connectivity index (χ0n) is 9.02. The van der Waals surface area contributed by atoms with Gasteiger partial charge in [-0.3, -0.25) is 10.1 Å². The van der Waals surface area contributed by atoms with Crippen molar-refractivity contribution in [3.05, 3.63) is 55.3 Å². The lowest BCUT2D eigenvalue weighted by atomic mass is 10.3. The van der Waals surface area contributed by atoms with E-state index in [1.165, 1.54) is 12.1 Å². The number of nitrogens with zero attached hydrogens (tertiary/aromatic N) is 1. The van der Waals surface area contributed by atoms with Gasteiger partial charge in [0.05, 0.1) is 22.2 Å². The van der Waals surface area contributed by atoms with Gasteiger partial charge in [0.2, 0.25) is 0 Å². The first-order valence-electron chi connectivity index (χ1n) is 4.97. The fourth-order valence-corrected chi connectivity index (χ4v) is 2.24. The molecule has 18 heavy (non-hydrogen) atoms. The maximum atomic E-state index is 10.6. The number of hydrogen-bond acceptors (Lipinski definition) is 4. The predicted octanol–water partition coefficient (Wildman–Crippen LogP) is 4.32. The lowest BCUT2D eigenvalue weighted by molar-refractivity contribution is -0.384. The van der Waals surface area contributed by atoms with Crippen LogP contribution in [0.5, 0.6) is 0 Å². The molecular formula is C11H8Br2N2O3. The van der Waals surface area contributed by atoms with E-state index in [1.807, 2.05) is 6.07 Å². The van der Waals surface area contributed by atoms with Crippen LogP contribution < -0.4 is 5.32 Å². The van der Waals surface area contributed by atoms with Crippen LogP contribution in [0.15, 0.2) is 43.9 Å². The van der Waals surface area contributed by atoms with Crippen molar-refractivity contribution >= 4 is 43.2 Å². The summed E-state index contributed by atoms with van der Waals surface area (Å²) in [4.78, 5) is 10.2. The second-order valence-corrected chi connectivity index (χ2v) is 5.18. The van der Waals surface area contributed by atoms with Gasteiger partial charge >= 0.3 is 0 Å². The highest BCUT2D eigenvalue weighted by molar-refractivity contribution is 9.10. The Bertz CT molecular complexity index is 583. The molecule has 2 rings (SSSR count). The van der Waals surface area contributed by atoms with Gasteiger partial charge in [-0.15, -0.1) is 0 Å². The molecule has 94 valence electrons. The van der Waals surface area contributed by atoms with Crippen LogP contribution in [0.3, 0.4) is 0 Å². The summed E-state index contributed by atoms with van der Waals surface area (Å²) in [5.74, 6) is 0.764. The largest absolute Gasteiger partial charge is 0.466 e. The number of benzene rings is 1. The number of non-ortho nitro benzene ring substituents is 1. The average Bonchev–Trinajstić information content (AvgIpc) is 2.73. The normalized spacial score (nSPS) is 10.3. The third-order valence-electron chi connectivity index (χ3n) is 2.29. The van der Waals surface area contributed by atoms with Crippen molar-refractivity contribution in [3.8, 4) is 0 Å². The van der Waals surface area contributed by atoms with Crippen LogP contribution in [0, 0.1) is 10.1 Å². The van der Waals surface area contributed by atoms with Gasteiger partial charge in [0.25, 0.3) is 5.69 Å². The Morgan fingerprint density at radius 3 is 2.61 bits per heavy atom. The number of furan rings is 1. The van der Waals surface area contributed by atoms with E-state index in [4.69, 9.17) is 4.42 Å². The molecule has 0 radical (unpaired) electrons. The molecule has 0 unspecified atom stereocenters. The monoisotopic (exact) mass is 374 g/mol. The molecule has 1 aromatic heterocycles. The Morgan fingerprint density at radius 1 is 1.28 bits per heavy atom. The van der Waals surface area contributed by atoms with Crippen LogP contribution >= 0.6 is 31.9 Å². The molecule has 0 aliphatic rings. The number of nitro groups is 1. The molecule has 0 bridgehead atoms. The Kier molecular flexibility index (Phi) is 4.03. The second kappa shape index (κ2) is 5.53. The van der Waals surface area contributed by atoms with E-state index >= 15 is 0 Å². The van der Waals surface area contributed by atoms with Crippen LogP contribution in [0.2, 0.25) is 0 Å². The van der Waals surface area contributed by atoms with E-state index in [2.05, 4.69) is 37.2 Å². The quantitative estimate of drug-likeness (QED) is 0.638. The topological polar surface area (TPSA) is 68.3 Å². The van der Waals surface area contributed by atoms with Crippen molar-refractivity contribution < 1.29 is 9.34 Å². The van der Waals surface area contributed by atoms with Gasteiger partial charge < -0.3 is 9.73 Å². The maximum absolute atomic E-state index is 10.6. The average molecular weight is 376 g/mol. The molecule has 0 saturated carbocycles. The van der Waals surface area contributed by atoms with Crippen LogP contribution in [-0.4, -0.2) is 4.92 Å². The van der Waals surface area contributed by atoms with Gasteiger partial charge in [-0.25, -0.2) is 0 Å². The number of nitrogens with one attached hydrogen (secondary N) is 1. The molecule has 1 N–H and O–H groups in total. The first-order chi connectivity index (χ1) is 8.58. The van der Waals surface area contributed by atoms with Gasteiger partial charge in [-0.05, 0) is 44.0 Å². The number of anilines is 1. The highest BCUT2D eigenvalue weighted by atomic mass is 79.9. The molecule has 0 aliphatic heterocycles. The Labute approximate surface area is 120 Å². The number of nitro benzene ring substituents is 1. The number of hydrogen-bond donors (Lipinski definition) is 1. The van der Waals surface area contributed by atoms with Gasteiger partial charge in [0, 0.05) is 22.3 Å². The lowest BCUT2D eigenvalue weighted by Crippen LogP contribution is -2.00. The predicted molar refractivity (Wildman–Crippen MR) is 74.5 cm³/mol. The van der Waals surface area contributed by atoms with E-state index < -0.39 is 4.92 Å². The van der Waals surface area contributed by atoms with E-state index in [-0.39, 0.29) is 5.69 Å². The molecule has 0 fully saturated rings. The van der Waals surface area contributed by atoms with E-state index in [1.54, 1.807) is 12.3 Å². The first kappa shape index (κ1) is 13.1. The van der Waals surface area contributed by atoms with Crippen molar-refractivity contribution in [3.63, 3.8) is 0 Å². The molecule has 0 saturated heterocycles. The Balaban J connectivity index is 2.11. The molecule has 7 heteroatoms. The summed E-state index contributed by atoms with van der Waals surface area (Å²) >= 11 is 6.64. The molecular weight excluding hydrogens is 368 g/mol. The number of halogens is 2. The van der Waals surface area contributed by atoms with Crippen LogP contribution in [0.4, 0.5) is 11.4 Å². The van der Waals surface area contributed by atoms with E-state index in [0.29, 0.717) is 11.0 Å². The Morgan fingerprint density at radius 2 is 2.06 bits per heavy atom. The minimum Gasteiger partial charge on any atom is -0.466 e. The summed E-state index contributed by atoms with van der Waals surface area (Å²) in [5.41, 5.74) is 0.815. The van der Waals surface area contributed by atoms with E-state index in [9.17, 15) is 10.1 Å². The van der Waals surface area contributed by atoms with Crippen molar-refractivity contribution in [1.82, 2.24) is 0 Å². The van der Waals surface area contributed by atoms with Crippen molar-refractivity contribution in [2.75, 3.05) is 5.32 Å². The van der Waals surface area contributed by atoms with Crippen molar-refractivity contribution in [2.45, 2.75) is 6.54 Å². The minimum atomic E-state index is -0.433.